The van der Waals surface area contributed by atoms with Gasteiger partial charge in [-0.25, -0.2) is 9.37 Å². The van der Waals surface area contributed by atoms with Gasteiger partial charge >= 0.3 is 0 Å². The first-order chi connectivity index (χ1) is 9.11. The van der Waals surface area contributed by atoms with Crippen molar-refractivity contribution in [3.8, 4) is 0 Å². The highest BCUT2D eigenvalue weighted by Gasteiger charge is 2.18. The Balaban J connectivity index is 2.84. The lowest BCUT2D eigenvalue weighted by atomic mass is 10.2. The minimum atomic E-state index is -0.606. The quantitative estimate of drug-likeness (QED) is 0.819. The summed E-state index contributed by atoms with van der Waals surface area (Å²) in [6, 6.07) is 1.39. The Labute approximate surface area is 112 Å². The zero-order valence-corrected chi connectivity index (χ0v) is 11.6. The minimum Gasteiger partial charge on any atom is -0.383 e. The van der Waals surface area contributed by atoms with Gasteiger partial charge in [-0.1, -0.05) is 6.92 Å². The maximum atomic E-state index is 14.1. The van der Waals surface area contributed by atoms with E-state index in [-0.39, 0.29) is 17.3 Å². The maximum Gasteiger partial charge on any atom is 0.256 e. The van der Waals surface area contributed by atoms with Crippen LogP contribution in [0.1, 0.15) is 23.7 Å². The number of aromatic nitrogens is 1. The van der Waals surface area contributed by atoms with Gasteiger partial charge in [-0.2, -0.15) is 0 Å². The van der Waals surface area contributed by atoms with Crippen LogP contribution in [0.2, 0.25) is 0 Å². The van der Waals surface area contributed by atoms with Crippen LogP contribution < -0.4 is 5.32 Å². The molecule has 0 spiro atoms. The second-order valence-electron chi connectivity index (χ2n) is 4.17. The molecule has 0 aromatic carbocycles. The van der Waals surface area contributed by atoms with Crippen molar-refractivity contribution in [1.29, 1.82) is 0 Å². The molecule has 0 radical (unpaired) electrons. The molecule has 5 nitrogen and oxygen atoms in total. The third-order valence-corrected chi connectivity index (χ3v) is 2.64. The molecule has 106 valence electrons. The number of carbonyl (C=O) groups excluding carboxylic acids is 1. The number of pyridine rings is 1. The van der Waals surface area contributed by atoms with Gasteiger partial charge in [0.1, 0.15) is 0 Å². The lowest BCUT2D eigenvalue weighted by molar-refractivity contribution is 0.0739. The van der Waals surface area contributed by atoms with Gasteiger partial charge in [-0.05, 0) is 12.5 Å². The van der Waals surface area contributed by atoms with Crippen molar-refractivity contribution >= 4 is 11.7 Å². The van der Waals surface area contributed by atoms with Crippen LogP contribution in [0.3, 0.4) is 0 Å². The molecule has 1 aromatic heterocycles. The van der Waals surface area contributed by atoms with Gasteiger partial charge in [-0.3, -0.25) is 4.79 Å². The predicted molar refractivity (Wildman–Crippen MR) is 71.8 cm³/mol. The average molecular weight is 269 g/mol. The standard InChI is InChI=1S/C13H20FN3O2/c1-4-6-15-12-11(14)10(5-7-16-12)13(18)17(2)8-9-19-3/h5,7H,4,6,8-9H2,1-3H3,(H,15,16). The van der Waals surface area contributed by atoms with E-state index in [2.05, 4.69) is 10.3 Å². The van der Waals surface area contributed by atoms with Crippen molar-refractivity contribution in [3.05, 3.63) is 23.6 Å². The summed E-state index contributed by atoms with van der Waals surface area (Å²) in [5.41, 5.74) is 0.0206. The van der Waals surface area contributed by atoms with E-state index in [1.54, 1.807) is 14.2 Å². The molecular weight excluding hydrogens is 249 g/mol. The van der Waals surface area contributed by atoms with E-state index in [4.69, 9.17) is 4.74 Å². The third-order valence-electron chi connectivity index (χ3n) is 2.64. The number of nitrogens with zero attached hydrogens (tertiary/aromatic N) is 2. The fourth-order valence-electron chi connectivity index (χ4n) is 1.51. The number of methoxy groups -OCH3 is 1. The molecule has 0 unspecified atom stereocenters. The van der Waals surface area contributed by atoms with Crippen LogP contribution in [-0.2, 0) is 4.74 Å². The minimum absolute atomic E-state index is 0.0206. The van der Waals surface area contributed by atoms with Crippen LogP contribution in [0.5, 0.6) is 0 Å². The Morgan fingerprint density at radius 1 is 1.58 bits per heavy atom. The second-order valence-corrected chi connectivity index (χ2v) is 4.17. The van der Waals surface area contributed by atoms with E-state index in [0.717, 1.165) is 6.42 Å². The molecule has 0 bridgehead atoms. The number of anilines is 1. The molecule has 0 saturated heterocycles. The first-order valence-electron chi connectivity index (χ1n) is 6.24. The summed E-state index contributed by atoms with van der Waals surface area (Å²) >= 11 is 0. The fraction of sp³-hybridized carbons (Fsp3) is 0.538. The summed E-state index contributed by atoms with van der Waals surface area (Å²) < 4.78 is 19.0. The van der Waals surface area contributed by atoms with Crippen LogP contribution in [0.4, 0.5) is 10.2 Å². The van der Waals surface area contributed by atoms with Crippen molar-refractivity contribution < 1.29 is 13.9 Å². The number of likely N-dealkylation sites (N-methyl/N-ethyl adjacent to an activating group) is 1. The summed E-state index contributed by atoms with van der Waals surface area (Å²) in [6.45, 7) is 3.41. The number of nitrogens with one attached hydrogen (secondary N) is 1. The van der Waals surface area contributed by atoms with Gasteiger partial charge < -0.3 is 15.0 Å². The molecule has 1 heterocycles. The highest BCUT2D eigenvalue weighted by Crippen LogP contribution is 2.16. The van der Waals surface area contributed by atoms with Gasteiger partial charge in [0.2, 0.25) is 0 Å². The molecule has 1 rings (SSSR count). The zero-order valence-electron chi connectivity index (χ0n) is 11.6. The van der Waals surface area contributed by atoms with Gasteiger partial charge in [0.15, 0.2) is 11.6 Å². The topological polar surface area (TPSA) is 54.5 Å². The average Bonchev–Trinajstić information content (AvgIpc) is 2.43. The molecule has 1 aromatic rings. The molecule has 0 aliphatic heterocycles. The number of halogens is 1. The number of hydrogen-bond donors (Lipinski definition) is 1. The summed E-state index contributed by atoms with van der Waals surface area (Å²) in [5, 5.41) is 2.86. The summed E-state index contributed by atoms with van der Waals surface area (Å²) in [7, 11) is 3.17. The van der Waals surface area contributed by atoms with E-state index in [1.165, 1.54) is 17.2 Å². The second kappa shape index (κ2) is 7.68. The van der Waals surface area contributed by atoms with Crippen molar-refractivity contribution in [2.24, 2.45) is 0 Å². The lowest BCUT2D eigenvalue weighted by Gasteiger charge is -2.17. The smallest absolute Gasteiger partial charge is 0.256 e. The van der Waals surface area contributed by atoms with E-state index in [1.807, 2.05) is 6.92 Å². The monoisotopic (exact) mass is 269 g/mol. The SMILES string of the molecule is CCCNc1nccc(C(=O)N(C)CCOC)c1F. The maximum absolute atomic E-state index is 14.1. The number of ether oxygens (including phenoxy) is 1. The van der Waals surface area contributed by atoms with Gasteiger partial charge in [0.05, 0.1) is 12.2 Å². The Bertz CT molecular complexity index is 426. The molecule has 0 fully saturated rings. The lowest BCUT2D eigenvalue weighted by Crippen LogP contribution is -2.30. The molecule has 19 heavy (non-hydrogen) atoms. The highest BCUT2D eigenvalue weighted by atomic mass is 19.1. The summed E-state index contributed by atoms with van der Waals surface area (Å²) in [6.07, 6.45) is 2.28. The Hall–Kier alpha value is -1.69. The largest absolute Gasteiger partial charge is 0.383 e. The summed E-state index contributed by atoms with van der Waals surface area (Å²) in [5.74, 6) is -0.866. The zero-order chi connectivity index (χ0) is 14.3. The molecule has 0 atom stereocenters. The molecule has 1 amide bonds. The van der Waals surface area contributed by atoms with E-state index in [0.29, 0.717) is 19.7 Å². The number of amides is 1. The van der Waals surface area contributed by atoms with Gasteiger partial charge in [0, 0.05) is 33.4 Å². The Kier molecular flexibility index (Phi) is 6.21. The molecule has 0 aliphatic rings. The third kappa shape index (κ3) is 4.17. The Morgan fingerprint density at radius 2 is 2.32 bits per heavy atom. The van der Waals surface area contributed by atoms with Crippen molar-refractivity contribution in [1.82, 2.24) is 9.88 Å². The van der Waals surface area contributed by atoms with Crippen LogP contribution in [0.25, 0.3) is 0 Å². The fourth-order valence-corrected chi connectivity index (χ4v) is 1.51. The molecular formula is C13H20FN3O2. The van der Waals surface area contributed by atoms with Crippen molar-refractivity contribution in [3.63, 3.8) is 0 Å². The molecule has 1 N–H and O–H groups in total. The number of carbonyl (C=O) groups is 1. The first kappa shape index (κ1) is 15.4. The Morgan fingerprint density at radius 3 is 2.95 bits per heavy atom. The normalized spacial score (nSPS) is 10.3. The van der Waals surface area contributed by atoms with Crippen LogP contribution >= 0.6 is 0 Å². The number of hydrogen-bond acceptors (Lipinski definition) is 4. The summed E-state index contributed by atoms with van der Waals surface area (Å²) in [4.78, 5) is 17.4. The van der Waals surface area contributed by atoms with E-state index < -0.39 is 5.82 Å². The predicted octanol–water partition coefficient (Wildman–Crippen LogP) is 1.76. The van der Waals surface area contributed by atoms with Crippen LogP contribution in [0.15, 0.2) is 12.3 Å². The van der Waals surface area contributed by atoms with Gasteiger partial charge in [-0.15, -0.1) is 0 Å². The highest BCUT2D eigenvalue weighted by molar-refractivity contribution is 5.95. The van der Waals surface area contributed by atoms with Gasteiger partial charge in [0.25, 0.3) is 5.91 Å². The van der Waals surface area contributed by atoms with Crippen LogP contribution in [-0.4, -0.2) is 49.6 Å². The van der Waals surface area contributed by atoms with Crippen LogP contribution in [0, 0.1) is 5.82 Å². The molecule has 0 aliphatic carbocycles. The number of rotatable bonds is 7. The first-order valence-corrected chi connectivity index (χ1v) is 6.24. The van der Waals surface area contributed by atoms with E-state index in [9.17, 15) is 9.18 Å². The van der Waals surface area contributed by atoms with Crippen molar-refractivity contribution in [2.75, 3.05) is 39.2 Å². The van der Waals surface area contributed by atoms with Crippen molar-refractivity contribution in [2.45, 2.75) is 13.3 Å². The molecule has 6 heteroatoms. The van der Waals surface area contributed by atoms with E-state index >= 15 is 0 Å². The molecule has 0 saturated carbocycles.